The second kappa shape index (κ2) is 6.87. The van der Waals surface area contributed by atoms with Gasteiger partial charge in [0.2, 0.25) is 0 Å². The molecule has 1 aliphatic heterocycles. The summed E-state index contributed by atoms with van der Waals surface area (Å²) in [6.07, 6.45) is 1.34. The summed E-state index contributed by atoms with van der Waals surface area (Å²) in [4.78, 5) is 2.55. The van der Waals surface area contributed by atoms with Gasteiger partial charge < -0.3 is 5.32 Å². The first-order valence-corrected chi connectivity index (χ1v) is 7.66. The highest BCUT2D eigenvalue weighted by Gasteiger charge is 2.21. The largest absolute Gasteiger partial charge is 0.312 e. The van der Waals surface area contributed by atoms with Crippen LogP contribution in [-0.4, -0.2) is 47.1 Å². The predicted molar refractivity (Wildman–Crippen MR) is 75.3 cm³/mol. The van der Waals surface area contributed by atoms with Crippen molar-refractivity contribution in [2.75, 3.05) is 18.8 Å². The Bertz CT molecular complexity index is 186. The third-order valence-corrected chi connectivity index (χ3v) is 4.68. The van der Waals surface area contributed by atoms with Crippen molar-refractivity contribution in [1.82, 2.24) is 10.2 Å². The third kappa shape index (κ3) is 4.64. The van der Waals surface area contributed by atoms with Crippen LogP contribution in [0.2, 0.25) is 0 Å². The van der Waals surface area contributed by atoms with E-state index >= 15 is 0 Å². The van der Waals surface area contributed by atoms with Crippen molar-refractivity contribution < 1.29 is 0 Å². The Morgan fingerprint density at radius 2 is 1.88 bits per heavy atom. The van der Waals surface area contributed by atoms with Crippen LogP contribution in [0, 0.1) is 0 Å². The molecule has 2 atom stereocenters. The first-order valence-electron chi connectivity index (χ1n) is 6.61. The van der Waals surface area contributed by atoms with E-state index in [4.69, 9.17) is 0 Å². The van der Waals surface area contributed by atoms with Crippen LogP contribution in [0.1, 0.15) is 41.0 Å². The molecule has 0 spiro atoms. The average Bonchev–Trinajstić information content (AvgIpc) is 2.57. The Labute approximate surface area is 106 Å². The number of thioether (sulfide) groups is 1. The van der Waals surface area contributed by atoms with Crippen LogP contribution in [0.15, 0.2) is 0 Å². The molecule has 0 saturated carbocycles. The van der Waals surface area contributed by atoms with E-state index in [1.807, 2.05) is 0 Å². The zero-order valence-electron chi connectivity index (χ0n) is 11.5. The summed E-state index contributed by atoms with van der Waals surface area (Å²) >= 11 is 2.10. The van der Waals surface area contributed by atoms with Gasteiger partial charge in [-0.05, 0) is 34.1 Å². The topological polar surface area (TPSA) is 15.3 Å². The molecule has 96 valence electrons. The lowest BCUT2D eigenvalue weighted by atomic mass is 10.2. The van der Waals surface area contributed by atoms with E-state index in [1.54, 1.807) is 0 Å². The molecule has 0 aromatic heterocycles. The lowest BCUT2D eigenvalue weighted by Gasteiger charge is -2.31. The van der Waals surface area contributed by atoms with Gasteiger partial charge in [0.05, 0.1) is 0 Å². The van der Waals surface area contributed by atoms with Crippen LogP contribution < -0.4 is 5.32 Å². The standard InChI is InChI=1S/C13H28N2S/c1-10(2)15(11(3)4)7-6-14-13-8-12(5)16-9-13/h10-14H,6-9H2,1-5H3. The summed E-state index contributed by atoms with van der Waals surface area (Å²) < 4.78 is 0. The minimum atomic E-state index is 0.652. The van der Waals surface area contributed by atoms with Gasteiger partial charge in [-0.2, -0.15) is 11.8 Å². The SMILES string of the molecule is CC1CC(NCCN(C(C)C)C(C)C)CS1. The summed E-state index contributed by atoms with van der Waals surface area (Å²) in [7, 11) is 0. The summed E-state index contributed by atoms with van der Waals surface area (Å²) in [6, 6.07) is 2.05. The highest BCUT2D eigenvalue weighted by Crippen LogP contribution is 2.25. The number of nitrogens with one attached hydrogen (secondary N) is 1. The molecule has 1 saturated heterocycles. The summed E-state index contributed by atoms with van der Waals surface area (Å²) in [5.74, 6) is 1.30. The molecule has 1 rings (SSSR count). The molecule has 0 amide bonds. The fraction of sp³-hybridized carbons (Fsp3) is 1.00. The smallest absolute Gasteiger partial charge is 0.0169 e. The van der Waals surface area contributed by atoms with Crippen LogP contribution >= 0.6 is 11.8 Å². The van der Waals surface area contributed by atoms with E-state index in [1.165, 1.54) is 18.7 Å². The predicted octanol–water partition coefficient (Wildman–Crippen LogP) is 2.59. The molecular weight excluding hydrogens is 216 g/mol. The van der Waals surface area contributed by atoms with Crippen molar-refractivity contribution in [3.05, 3.63) is 0 Å². The van der Waals surface area contributed by atoms with Crippen molar-refractivity contribution in [2.45, 2.75) is 64.4 Å². The Morgan fingerprint density at radius 3 is 2.31 bits per heavy atom. The van der Waals surface area contributed by atoms with Crippen molar-refractivity contribution in [2.24, 2.45) is 0 Å². The maximum absolute atomic E-state index is 3.69. The average molecular weight is 244 g/mol. The van der Waals surface area contributed by atoms with E-state index in [0.29, 0.717) is 12.1 Å². The monoisotopic (exact) mass is 244 g/mol. The van der Waals surface area contributed by atoms with E-state index in [0.717, 1.165) is 17.8 Å². The Hall–Kier alpha value is 0.270. The van der Waals surface area contributed by atoms with Crippen LogP contribution in [0.25, 0.3) is 0 Å². The van der Waals surface area contributed by atoms with Gasteiger partial charge in [0.1, 0.15) is 0 Å². The van der Waals surface area contributed by atoms with Crippen LogP contribution in [-0.2, 0) is 0 Å². The zero-order valence-corrected chi connectivity index (χ0v) is 12.3. The molecule has 0 radical (unpaired) electrons. The zero-order chi connectivity index (χ0) is 12.1. The molecule has 1 heterocycles. The Morgan fingerprint density at radius 1 is 1.25 bits per heavy atom. The molecule has 2 unspecified atom stereocenters. The Kier molecular flexibility index (Phi) is 6.16. The molecule has 2 nitrogen and oxygen atoms in total. The first-order chi connectivity index (χ1) is 7.50. The molecule has 1 fully saturated rings. The molecule has 1 aliphatic rings. The van der Waals surface area contributed by atoms with E-state index in [-0.39, 0.29) is 0 Å². The van der Waals surface area contributed by atoms with Gasteiger partial charge in [-0.3, -0.25) is 4.90 Å². The van der Waals surface area contributed by atoms with Gasteiger partial charge >= 0.3 is 0 Å². The highest BCUT2D eigenvalue weighted by atomic mass is 32.2. The van der Waals surface area contributed by atoms with Crippen LogP contribution in [0.4, 0.5) is 0 Å². The van der Waals surface area contributed by atoms with Gasteiger partial charge in [0.25, 0.3) is 0 Å². The van der Waals surface area contributed by atoms with Gasteiger partial charge in [0, 0.05) is 42.2 Å². The molecule has 1 N–H and O–H groups in total. The minimum Gasteiger partial charge on any atom is -0.312 e. The van der Waals surface area contributed by atoms with Gasteiger partial charge in [-0.1, -0.05) is 6.92 Å². The lowest BCUT2D eigenvalue weighted by molar-refractivity contribution is 0.174. The van der Waals surface area contributed by atoms with Crippen molar-refractivity contribution >= 4 is 11.8 Å². The molecule has 16 heavy (non-hydrogen) atoms. The quantitative estimate of drug-likeness (QED) is 0.773. The molecule has 0 aliphatic carbocycles. The minimum absolute atomic E-state index is 0.652. The summed E-state index contributed by atoms with van der Waals surface area (Å²) in [6.45, 7) is 13.8. The molecule has 0 aromatic rings. The molecular formula is C13H28N2S. The molecule has 0 bridgehead atoms. The maximum atomic E-state index is 3.69. The maximum Gasteiger partial charge on any atom is 0.0169 e. The first kappa shape index (κ1) is 14.3. The fourth-order valence-corrected chi connectivity index (χ4v) is 3.65. The second-order valence-corrected chi connectivity index (χ2v) is 6.93. The fourth-order valence-electron chi connectivity index (χ4n) is 2.47. The molecule has 0 aromatic carbocycles. The van der Waals surface area contributed by atoms with E-state index in [2.05, 4.69) is 56.6 Å². The number of nitrogens with zero attached hydrogens (tertiary/aromatic N) is 1. The van der Waals surface area contributed by atoms with Gasteiger partial charge in [-0.25, -0.2) is 0 Å². The third-order valence-electron chi connectivity index (χ3n) is 3.33. The lowest BCUT2D eigenvalue weighted by Crippen LogP contribution is -2.43. The number of rotatable bonds is 6. The second-order valence-electron chi connectivity index (χ2n) is 5.46. The number of hydrogen-bond donors (Lipinski definition) is 1. The highest BCUT2D eigenvalue weighted by molar-refractivity contribution is 8.00. The number of hydrogen-bond acceptors (Lipinski definition) is 3. The van der Waals surface area contributed by atoms with E-state index < -0.39 is 0 Å². The van der Waals surface area contributed by atoms with Crippen molar-refractivity contribution in [3.63, 3.8) is 0 Å². The van der Waals surface area contributed by atoms with Crippen LogP contribution in [0.3, 0.4) is 0 Å². The van der Waals surface area contributed by atoms with E-state index in [9.17, 15) is 0 Å². The van der Waals surface area contributed by atoms with Crippen molar-refractivity contribution in [1.29, 1.82) is 0 Å². The summed E-state index contributed by atoms with van der Waals surface area (Å²) in [5, 5.41) is 4.54. The van der Waals surface area contributed by atoms with Gasteiger partial charge in [-0.15, -0.1) is 0 Å². The van der Waals surface area contributed by atoms with Crippen molar-refractivity contribution in [3.8, 4) is 0 Å². The summed E-state index contributed by atoms with van der Waals surface area (Å²) in [5.41, 5.74) is 0. The van der Waals surface area contributed by atoms with Gasteiger partial charge in [0.15, 0.2) is 0 Å². The van der Waals surface area contributed by atoms with Crippen LogP contribution in [0.5, 0.6) is 0 Å². The Balaban J connectivity index is 2.18. The normalized spacial score (nSPS) is 26.2. The molecule has 3 heteroatoms.